The van der Waals surface area contributed by atoms with Crippen molar-refractivity contribution in [1.29, 1.82) is 0 Å². The van der Waals surface area contributed by atoms with Crippen LogP contribution in [0.1, 0.15) is 6.92 Å². The maximum absolute atomic E-state index is 6.03. The molecule has 2 rings (SSSR count). The Kier molecular flexibility index (Phi) is 4.50. The first-order valence-electron chi connectivity index (χ1n) is 5.71. The van der Waals surface area contributed by atoms with Crippen molar-refractivity contribution in [2.75, 3.05) is 17.7 Å². The molecule has 100 valence electrons. The SMILES string of the molecule is CCOc1nc(Nc2ccc(Br)c(Cl)c2)ccc1N. The normalized spacial score (nSPS) is 10.3. The summed E-state index contributed by atoms with van der Waals surface area (Å²) < 4.78 is 6.20. The molecule has 1 aromatic heterocycles. The van der Waals surface area contributed by atoms with E-state index >= 15 is 0 Å². The third kappa shape index (κ3) is 3.52. The number of hydrogen-bond acceptors (Lipinski definition) is 4. The zero-order valence-electron chi connectivity index (χ0n) is 10.3. The molecule has 0 spiro atoms. The van der Waals surface area contributed by atoms with Crippen molar-refractivity contribution in [3.8, 4) is 5.88 Å². The standard InChI is InChI=1S/C13H13BrClN3O/c1-2-19-13-11(16)5-6-12(18-13)17-8-3-4-9(14)10(15)7-8/h3-7H,2,16H2,1H3,(H,17,18). The molecule has 0 aliphatic rings. The van der Waals surface area contributed by atoms with Crippen molar-refractivity contribution in [2.45, 2.75) is 6.92 Å². The van der Waals surface area contributed by atoms with Gasteiger partial charge in [0.05, 0.1) is 17.3 Å². The molecule has 0 saturated carbocycles. The number of anilines is 3. The minimum Gasteiger partial charge on any atom is -0.476 e. The number of halogens is 2. The van der Waals surface area contributed by atoms with Gasteiger partial charge in [0, 0.05) is 10.2 Å². The van der Waals surface area contributed by atoms with Crippen LogP contribution in [0.5, 0.6) is 5.88 Å². The quantitative estimate of drug-likeness (QED) is 0.873. The third-order valence-corrected chi connectivity index (χ3v) is 3.60. The molecule has 0 amide bonds. The first-order valence-corrected chi connectivity index (χ1v) is 6.88. The van der Waals surface area contributed by atoms with Gasteiger partial charge in [-0.25, -0.2) is 0 Å². The minimum absolute atomic E-state index is 0.427. The molecule has 1 aromatic carbocycles. The predicted octanol–water partition coefficient (Wildman–Crippen LogP) is 4.22. The number of aromatic nitrogens is 1. The number of nitrogens with zero attached hydrogens (tertiary/aromatic N) is 1. The lowest BCUT2D eigenvalue weighted by atomic mass is 10.3. The zero-order chi connectivity index (χ0) is 13.8. The molecule has 1 heterocycles. The first kappa shape index (κ1) is 14.0. The van der Waals surface area contributed by atoms with E-state index in [0.29, 0.717) is 29.0 Å². The fourth-order valence-electron chi connectivity index (χ4n) is 1.49. The molecule has 3 N–H and O–H groups in total. The maximum atomic E-state index is 6.03. The van der Waals surface area contributed by atoms with Crippen LogP contribution in [0.15, 0.2) is 34.8 Å². The Balaban J connectivity index is 2.22. The van der Waals surface area contributed by atoms with E-state index in [9.17, 15) is 0 Å². The molecule has 0 unspecified atom stereocenters. The molecule has 4 nitrogen and oxygen atoms in total. The second-order valence-corrected chi connectivity index (χ2v) is 5.04. The molecule has 6 heteroatoms. The van der Waals surface area contributed by atoms with Gasteiger partial charge in [-0.2, -0.15) is 4.98 Å². The van der Waals surface area contributed by atoms with Crippen LogP contribution in [0, 0.1) is 0 Å². The Hall–Kier alpha value is -1.46. The van der Waals surface area contributed by atoms with E-state index in [2.05, 4.69) is 26.2 Å². The van der Waals surface area contributed by atoms with Crippen LogP contribution in [0.4, 0.5) is 17.2 Å². The highest BCUT2D eigenvalue weighted by Crippen LogP contribution is 2.28. The highest BCUT2D eigenvalue weighted by Gasteiger charge is 2.05. The molecule has 0 saturated heterocycles. The molecular formula is C13H13BrClN3O. The Morgan fingerprint density at radius 3 is 2.84 bits per heavy atom. The molecule has 2 aromatic rings. The summed E-state index contributed by atoms with van der Waals surface area (Å²) in [5.74, 6) is 1.08. The Bertz CT molecular complexity index is 592. The molecule has 0 aliphatic heterocycles. The van der Waals surface area contributed by atoms with Crippen LogP contribution in [-0.2, 0) is 0 Å². The highest BCUT2D eigenvalue weighted by atomic mass is 79.9. The molecule has 19 heavy (non-hydrogen) atoms. The van der Waals surface area contributed by atoms with Gasteiger partial charge in [-0.3, -0.25) is 0 Å². The molecule has 0 aliphatic carbocycles. The molecule has 0 fully saturated rings. The average Bonchev–Trinajstić information content (AvgIpc) is 2.38. The zero-order valence-corrected chi connectivity index (χ0v) is 12.6. The Morgan fingerprint density at radius 2 is 2.16 bits per heavy atom. The number of pyridine rings is 1. The topological polar surface area (TPSA) is 60.2 Å². The lowest BCUT2D eigenvalue weighted by molar-refractivity contribution is 0.329. The van der Waals surface area contributed by atoms with Crippen LogP contribution in [-0.4, -0.2) is 11.6 Å². The van der Waals surface area contributed by atoms with Gasteiger partial charge in [-0.1, -0.05) is 11.6 Å². The van der Waals surface area contributed by atoms with E-state index in [0.717, 1.165) is 10.2 Å². The van der Waals surface area contributed by atoms with Crippen LogP contribution in [0.3, 0.4) is 0 Å². The lowest BCUT2D eigenvalue weighted by Gasteiger charge is -2.10. The number of rotatable bonds is 4. The number of hydrogen-bond donors (Lipinski definition) is 2. The van der Waals surface area contributed by atoms with Crippen molar-refractivity contribution in [3.63, 3.8) is 0 Å². The van der Waals surface area contributed by atoms with Crippen molar-refractivity contribution in [1.82, 2.24) is 4.98 Å². The summed E-state index contributed by atoms with van der Waals surface area (Å²) in [6.45, 7) is 2.40. The molecule has 0 bridgehead atoms. The van der Waals surface area contributed by atoms with Crippen molar-refractivity contribution >= 4 is 44.7 Å². The van der Waals surface area contributed by atoms with Crippen molar-refractivity contribution in [3.05, 3.63) is 39.8 Å². The summed E-state index contributed by atoms with van der Waals surface area (Å²) in [5.41, 5.74) is 7.13. The fourth-order valence-corrected chi connectivity index (χ4v) is 1.92. The van der Waals surface area contributed by atoms with Crippen molar-refractivity contribution in [2.24, 2.45) is 0 Å². The minimum atomic E-state index is 0.427. The van der Waals surface area contributed by atoms with Gasteiger partial charge in [0.2, 0.25) is 5.88 Å². The van der Waals surface area contributed by atoms with Crippen LogP contribution in [0.25, 0.3) is 0 Å². The monoisotopic (exact) mass is 341 g/mol. The number of nitrogen functional groups attached to an aromatic ring is 1. The van der Waals surface area contributed by atoms with Gasteiger partial charge >= 0.3 is 0 Å². The summed E-state index contributed by atoms with van der Waals surface area (Å²) >= 11 is 9.38. The van der Waals surface area contributed by atoms with Gasteiger partial charge in [-0.05, 0) is 53.2 Å². The second-order valence-electron chi connectivity index (χ2n) is 3.78. The molecule has 0 radical (unpaired) electrons. The predicted molar refractivity (Wildman–Crippen MR) is 82.3 cm³/mol. The van der Waals surface area contributed by atoms with E-state index in [1.165, 1.54) is 0 Å². The summed E-state index contributed by atoms with van der Waals surface area (Å²) in [4.78, 5) is 4.30. The van der Waals surface area contributed by atoms with E-state index in [1.54, 1.807) is 12.1 Å². The van der Waals surface area contributed by atoms with E-state index < -0.39 is 0 Å². The van der Waals surface area contributed by atoms with Gasteiger partial charge in [0.15, 0.2) is 0 Å². The fraction of sp³-hybridized carbons (Fsp3) is 0.154. The summed E-state index contributed by atoms with van der Waals surface area (Å²) in [5, 5.41) is 3.78. The highest BCUT2D eigenvalue weighted by molar-refractivity contribution is 9.10. The number of ether oxygens (including phenoxy) is 1. The van der Waals surface area contributed by atoms with Crippen LogP contribution < -0.4 is 15.8 Å². The summed E-state index contributed by atoms with van der Waals surface area (Å²) in [6, 6.07) is 9.11. The Morgan fingerprint density at radius 1 is 1.37 bits per heavy atom. The van der Waals surface area contributed by atoms with Crippen LogP contribution in [0.2, 0.25) is 5.02 Å². The van der Waals surface area contributed by atoms with Crippen molar-refractivity contribution < 1.29 is 4.74 Å². The van der Waals surface area contributed by atoms with E-state index in [4.69, 9.17) is 22.1 Å². The van der Waals surface area contributed by atoms with E-state index in [-0.39, 0.29) is 0 Å². The second kappa shape index (κ2) is 6.12. The largest absolute Gasteiger partial charge is 0.476 e. The number of benzene rings is 1. The van der Waals surface area contributed by atoms with Gasteiger partial charge in [0.25, 0.3) is 0 Å². The molecular weight excluding hydrogens is 330 g/mol. The maximum Gasteiger partial charge on any atom is 0.239 e. The summed E-state index contributed by atoms with van der Waals surface area (Å²) in [7, 11) is 0. The van der Waals surface area contributed by atoms with E-state index in [1.807, 2.05) is 25.1 Å². The first-order chi connectivity index (χ1) is 9.10. The molecule has 0 atom stereocenters. The Labute approximate surface area is 125 Å². The van der Waals surface area contributed by atoms with Gasteiger partial charge in [-0.15, -0.1) is 0 Å². The average molecular weight is 343 g/mol. The lowest BCUT2D eigenvalue weighted by Crippen LogP contribution is -2.02. The summed E-state index contributed by atoms with van der Waals surface area (Å²) in [6.07, 6.45) is 0. The van der Waals surface area contributed by atoms with Gasteiger partial charge < -0.3 is 15.8 Å². The third-order valence-electron chi connectivity index (χ3n) is 2.36. The number of nitrogens with one attached hydrogen (secondary N) is 1. The smallest absolute Gasteiger partial charge is 0.239 e. The number of nitrogens with two attached hydrogens (primary N) is 1. The van der Waals surface area contributed by atoms with Crippen LogP contribution >= 0.6 is 27.5 Å². The van der Waals surface area contributed by atoms with Gasteiger partial charge in [0.1, 0.15) is 5.82 Å².